The van der Waals surface area contributed by atoms with Gasteiger partial charge in [0, 0.05) is 12.3 Å². The lowest BCUT2D eigenvalue weighted by molar-refractivity contribution is -0.137. The van der Waals surface area contributed by atoms with Gasteiger partial charge < -0.3 is 5.11 Å². The van der Waals surface area contributed by atoms with E-state index in [9.17, 15) is 9.59 Å². The van der Waals surface area contributed by atoms with Crippen LogP contribution in [0, 0.1) is 11.8 Å². The van der Waals surface area contributed by atoms with Gasteiger partial charge in [0.05, 0.1) is 0 Å². The van der Waals surface area contributed by atoms with Gasteiger partial charge in [0.25, 0.3) is 0 Å². The largest absolute Gasteiger partial charge is 0.481 e. The normalized spacial score (nSPS) is 21.0. The third kappa shape index (κ3) is 8.53. The minimum atomic E-state index is -0.751. The van der Waals surface area contributed by atoms with Gasteiger partial charge in [-0.1, -0.05) is 50.1 Å². The molecule has 0 aromatic carbocycles. The van der Waals surface area contributed by atoms with Gasteiger partial charge in [-0.25, -0.2) is 0 Å². The molecule has 0 bridgehead atoms. The summed E-state index contributed by atoms with van der Waals surface area (Å²) in [6.07, 6.45) is 20.5. The summed E-state index contributed by atoms with van der Waals surface area (Å²) in [6, 6.07) is 0. The maximum Gasteiger partial charge on any atom is 0.303 e. The molecule has 0 saturated heterocycles. The fourth-order valence-corrected chi connectivity index (χ4v) is 2.84. The Labute approximate surface area is 140 Å². The van der Waals surface area contributed by atoms with E-state index in [-0.39, 0.29) is 18.1 Å². The first-order valence-electron chi connectivity index (χ1n) is 8.89. The molecule has 0 amide bonds. The molecule has 3 heteroatoms. The van der Waals surface area contributed by atoms with Crippen LogP contribution in [0.1, 0.15) is 64.7 Å². The zero-order valence-corrected chi connectivity index (χ0v) is 14.2. The summed E-state index contributed by atoms with van der Waals surface area (Å²) in [5.74, 6) is -0.150. The molecule has 0 aliphatic heterocycles. The molecule has 1 rings (SSSR count). The fraction of sp³-hybridized carbons (Fsp3) is 0.600. The summed E-state index contributed by atoms with van der Waals surface area (Å²) in [7, 11) is 0. The van der Waals surface area contributed by atoms with Crippen molar-refractivity contribution in [2.24, 2.45) is 11.8 Å². The summed E-state index contributed by atoms with van der Waals surface area (Å²) in [5.41, 5.74) is 0. The molecule has 1 aliphatic rings. The van der Waals surface area contributed by atoms with E-state index in [0.717, 1.165) is 25.7 Å². The van der Waals surface area contributed by atoms with Crippen molar-refractivity contribution in [3.05, 3.63) is 36.5 Å². The molecule has 0 fully saturated rings. The Morgan fingerprint density at radius 2 is 1.78 bits per heavy atom. The molecule has 0 spiro atoms. The van der Waals surface area contributed by atoms with Crippen molar-refractivity contribution < 1.29 is 14.7 Å². The lowest BCUT2D eigenvalue weighted by Crippen LogP contribution is -2.14. The smallest absolute Gasteiger partial charge is 0.303 e. The minimum absolute atomic E-state index is 0.0611. The van der Waals surface area contributed by atoms with E-state index in [4.69, 9.17) is 5.11 Å². The third-order valence-corrected chi connectivity index (χ3v) is 4.26. The van der Waals surface area contributed by atoms with E-state index in [0.29, 0.717) is 12.3 Å². The second-order valence-corrected chi connectivity index (χ2v) is 6.23. The van der Waals surface area contributed by atoms with Gasteiger partial charge in [-0.2, -0.15) is 0 Å². The highest BCUT2D eigenvalue weighted by molar-refractivity contribution is 5.94. The van der Waals surface area contributed by atoms with Crippen LogP contribution in [-0.2, 0) is 9.59 Å². The Hall–Kier alpha value is -1.64. The average molecular weight is 318 g/mol. The van der Waals surface area contributed by atoms with Crippen molar-refractivity contribution in [1.29, 1.82) is 0 Å². The summed E-state index contributed by atoms with van der Waals surface area (Å²) in [5, 5.41) is 8.58. The number of carboxylic acid groups (broad SMARTS) is 1. The van der Waals surface area contributed by atoms with Crippen LogP contribution in [0.5, 0.6) is 0 Å². The van der Waals surface area contributed by atoms with Gasteiger partial charge in [-0.15, -0.1) is 0 Å². The number of carbonyl (C=O) groups is 2. The van der Waals surface area contributed by atoms with Gasteiger partial charge in [0.15, 0.2) is 5.78 Å². The molecule has 0 saturated carbocycles. The molecule has 0 heterocycles. The van der Waals surface area contributed by atoms with Crippen LogP contribution in [0.25, 0.3) is 0 Å². The quantitative estimate of drug-likeness (QED) is 0.403. The van der Waals surface area contributed by atoms with E-state index < -0.39 is 5.97 Å². The van der Waals surface area contributed by atoms with Crippen molar-refractivity contribution in [2.75, 3.05) is 0 Å². The number of rotatable bonds is 12. The van der Waals surface area contributed by atoms with Crippen molar-refractivity contribution in [2.45, 2.75) is 64.7 Å². The van der Waals surface area contributed by atoms with Gasteiger partial charge >= 0.3 is 5.97 Å². The summed E-state index contributed by atoms with van der Waals surface area (Å²) >= 11 is 0. The standard InChI is InChI=1S/C20H30O3/c1-2-3-4-5-6-9-12-17-15-16-19(21)18(17)13-10-7-8-11-14-20(22)23/h6-7,9-10,15-18H,2-5,8,11-14H2,1H3,(H,22,23)/b9-6+,10-7+/t17-,18-/m1/s1. The molecule has 0 radical (unpaired) electrons. The molecular weight excluding hydrogens is 288 g/mol. The number of hydrogen-bond acceptors (Lipinski definition) is 2. The topological polar surface area (TPSA) is 54.4 Å². The Morgan fingerprint density at radius 3 is 2.48 bits per heavy atom. The van der Waals surface area contributed by atoms with Crippen LogP contribution in [0.3, 0.4) is 0 Å². The molecule has 128 valence electrons. The fourth-order valence-electron chi connectivity index (χ4n) is 2.84. The Bertz CT molecular complexity index is 446. The summed E-state index contributed by atoms with van der Waals surface area (Å²) in [6.45, 7) is 2.21. The Kier molecular flexibility index (Phi) is 10.0. The third-order valence-electron chi connectivity index (χ3n) is 4.26. The number of unbranched alkanes of at least 4 members (excludes halogenated alkanes) is 4. The summed E-state index contributed by atoms with van der Waals surface area (Å²) in [4.78, 5) is 22.4. The molecule has 0 aromatic heterocycles. The van der Waals surface area contributed by atoms with Crippen molar-refractivity contribution in [3.63, 3.8) is 0 Å². The van der Waals surface area contributed by atoms with Crippen molar-refractivity contribution >= 4 is 11.8 Å². The first-order chi connectivity index (χ1) is 11.1. The number of aliphatic carboxylic acids is 1. The average Bonchev–Trinajstić information content (AvgIpc) is 2.86. The Morgan fingerprint density at radius 1 is 1.09 bits per heavy atom. The number of ketones is 1. The monoisotopic (exact) mass is 318 g/mol. The van der Waals surface area contributed by atoms with E-state index in [2.05, 4.69) is 19.1 Å². The molecule has 1 N–H and O–H groups in total. The zero-order chi connectivity index (χ0) is 16.9. The zero-order valence-electron chi connectivity index (χ0n) is 14.2. The van der Waals surface area contributed by atoms with Crippen LogP contribution in [-0.4, -0.2) is 16.9 Å². The van der Waals surface area contributed by atoms with Crippen LogP contribution >= 0.6 is 0 Å². The minimum Gasteiger partial charge on any atom is -0.481 e. The highest BCUT2D eigenvalue weighted by Gasteiger charge is 2.27. The maximum absolute atomic E-state index is 11.9. The van der Waals surface area contributed by atoms with Crippen LogP contribution in [0.4, 0.5) is 0 Å². The molecular formula is C20H30O3. The highest BCUT2D eigenvalue weighted by atomic mass is 16.4. The first-order valence-corrected chi connectivity index (χ1v) is 8.89. The lowest BCUT2D eigenvalue weighted by Gasteiger charge is -2.14. The van der Waals surface area contributed by atoms with E-state index in [1.54, 1.807) is 6.08 Å². The van der Waals surface area contributed by atoms with E-state index in [1.165, 1.54) is 19.3 Å². The molecule has 3 nitrogen and oxygen atoms in total. The maximum atomic E-state index is 11.9. The van der Waals surface area contributed by atoms with Gasteiger partial charge in [0.1, 0.15) is 0 Å². The number of carbonyl (C=O) groups excluding carboxylic acids is 1. The predicted molar refractivity (Wildman–Crippen MR) is 94.3 cm³/mol. The second-order valence-electron chi connectivity index (χ2n) is 6.23. The van der Waals surface area contributed by atoms with Crippen LogP contribution in [0.2, 0.25) is 0 Å². The number of hydrogen-bond donors (Lipinski definition) is 1. The number of carboxylic acids is 1. The van der Waals surface area contributed by atoms with Crippen molar-refractivity contribution in [3.8, 4) is 0 Å². The second kappa shape index (κ2) is 11.9. The molecule has 1 aliphatic carbocycles. The lowest BCUT2D eigenvalue weighted by atomic mass is 9.88. The van der Waals surface area contributed by atoms with Gasteiger partial charge in [-0.05, 0) is 50.5 Å². The predicted octanol–water partition coefficient (Wildman–Crippen LogP) is 5.09. The van der Waals surface area contributed by atoms with E-state index >= 15 is 0 Å². The van der Waals surface area contributed by atoms with E-state index in [1.807, 2.05) is 18.2 Å². The molecule has 0 unspecified atom stereocenters. The molecule has 0 aromatic rings. The number of allylic oxidation sites excluding steroid dienone is 6. The van der Waals surface area contributed by atoms with Gasteiger partial charge in [-0.3, -0.25) is 9.59 Å². The highest BCUT2D eigenvalue weighted by Crippen LogP contribution is 2.29. The van der Waals surface area contributed by atoms with Crippen LogP contribution < -0.4 is 0 Å². The first kappa shape index (κ1) is 19.4. The summed E-state index contributed by atoms with van der Waals surface area (Å²) < 4.78 is 0. The molecule has 23 heavy (non-hydrogen) atoms. The SMILES string of the molecule is CCCCC/C=C/C[C@@H]1C=CC(=O)[C@@H]1C/C=C/CCCC(=O)O. The van der Waals surface area contributed by atoms with Crippen molar-refractivity contribution in [1.82, 2.24) is 0 Å². The Balaban J connectivity index is 2.27. The molecule has 2 atom stereocenters. The van der Waals surface area contributed by atoms with Gasteiger partial charge in [0.2, 0.25) is 0 Å². The van der Waals surface area contributed by atoms with Crippen LogP contribution in [0.15, 0.2) is 36.5 Å².